The molecule has 0 radical (unpaired) electrons. The van der Waals surface area contributed by atoms with E-state index in [1.165, 1.54) is 24.2 Å². The molecule has 1 fully saturated rings. The van der Waals surface area contributed by atoms with Gasteiger partial charge in [-0.05, 0) is 37.1 Å². The highest BCUT2D eigenvalue weighted by Crippen LogP contribution is 2.21. The summed E-state index contributed by atoms with van der Waals surface area (Å²) in [5, 5.41) is 11.0. The molecule has 1 amide bonds. The molecule has 134 valence electrons. The van der Waals surface area contributed by atoms with E-state index in [9.17, 15) is 4.79 Å². The van der Waals surface area contributed by atoms with E-state index in [0.717, 1.165) is 24.6 Å². The highest BCUT2D eigenvalue weighted by atomic mass is 35.5. The molecule has 0 atom stereocenters. The molecule has 7 nitrogen and oxygen atoms in total. The van der Waals surface area contributed by atoms with Crippen molar-refractivity contribution in [3.8, 4) is 5.69 Å². The van der Waals surface area contributed by atoms with Gasteiger partial charge in [0.25, 0.3) is 5.91 Å². The van der Waals surface area contributed by atoms with Gasteiger partial charge in [-0.25, -0.2) is 9.67 Å². The predicted octanol–water partition coefficient (Wildman–Crippen LogP) is 2.91. The molecule has 4 heterocycles. The highest BCUT2D eigenvalue weighted by Gasteiger charge is 2.14. The molecule has 0 aromatic carbocycles. The molecule has 1 N–H and O–H groups in total. The normalized spacial score (nSPS) is 14.0. The fourth-order valence-corrected chi connectivity index (χ4v) is 3.81. The first kappa shape index (κ1) is 17.0. The number of aromatic nitrogens is 4. The fourth-order valence-electron chi connectivity index (χ4n) is 2.85. The van der Waals surface area contributed by atoms with Gasteiger partial charge in [0.2, 0.25) is 0 Å². The average molecular weight is 389 g/mol. The standard InChI is InChI=1S/C17H17ClN6OS/c18-15-5-4-14(26-15)17(25)20-9-12-11-24(22-21-12)13-3-6-16(19-10-13)23-7-1-2-8-23/h3-6,10-11H,1-2,7-9H2,(H,20,25). The molecule has 0 aliphatic carbocycles. The first-order valence-electron chi connectivity index (χ1n) is 8.35. The van der Waals surface area contributed by atoms with Crippen LogP contribution in [0.2, 0.25) is 4.34 Å². The van der Waals surface area contributed by atoms with Gasteiger partial charge in [0, 0.05) is 13.1 Å². The number of nitrogens with one attached hydrogen (secondary N) is 1. The van der Waals surface area contributed by atoms with E-state index in [2.05, 4.69) is 25.5 Å². The molecule has 0 spiro atoms. The van der Waals surface area contributed by atoms with Crippen molar-refractivity contribution in [2.75, 3.05) is 18.0 Å². The van der Waals surface area contributed by atoms with Crippen molar-refractivity contribution in [1.29, 1.82) is 0 Å². The van der Waals surface area contributed by atoms with E-state index in [0.29, 0.717) is 21.5 Å². The monoisotopic (exact) mass is 388 g/mol. The summed E-state index contributed by atoms with van der Waals surface area (Å²) in [6, 6.07) is 7.39. The number of carbonyl (C=O) groups is 1. The van der Waals surface area contributed by atoms with Crippen LogP contribution in [-0.4, -0.2) is 39.0 Å². The number of pyridine rings is 1. The first-order valence-corrected chi connectivity index (χ1v) is 9.54. The van der Waals surface area contributed by atoms with E-state index >= 15 is 0 Å². The fraction of sp³-hybridized carbons (Fsp3) is 0.294. The maximum Gasteiger partial charge on any atom is 0.261 e. The topological polar surface area (TPSA) is 75.9 Å². The number of thiophene rings is 1. The predicted molar refractivity (Wildman–Crippen MR) is 101 cm³/mol. The summed E-state index contributed by atoms with van der Waals surface area (Å²) < 4.78 is 2.25. The van der Waals surface area contributed by atoms with Gasteiger partial charge in [-0.2, -0.15) is 0 Å². The lowest BCUT2D eigenvalue weighted by atomic mass is 10.3. The van der Waals surface area contributed by atoms with Crippen LogP contribution in [-0.2, 0) is 6.54 Å². The summed E-state index contributed by atoms with van der Waals surface area (Å²) >= 11 is 7.09. The lowest BCUT2D eigenvalue weighted by Gasteiger charge is -2.16. The van der Waals surface area contributed by atoms with E-state index in [1.54, 1.807) is 29.2 Å². The number of hydrogen-bond acceptors (Lipinski definition) is 6. The number of nitrogens with zero attached hydrogens (tertiary/aromatic N) is 5. The minimum Gasteiger partial charge on any atom is -0.357 e. The summed E-state index contributed by atoms with van der Waals surface area (Å²) in [5.41, 5.74) is 1.51. The minimum absolute atomic E-state index is 0.173. The van der Waals surface area contributed by atoms with E-state index in [4.69, 9.17) is 11.6 Å². The van der Waals surface area contributed by atoms with Gasteiger partial charge in [-0.3, -0.25) is 4.79 Å². The Morgan fingerprint density at radius 2 is 2.08 bits per heavy atom. The zero-order valence-corrected chi connectivity index (χ0v) is 15.5. The van der Waals surface area contributed by atoms with Gasteiger partial charge in [0.15, 0.2) is 0 Å². The number of halogens is 1. The Labute approximate surface area is 159 Å². The maximum absolute atomic E-state index is 12.0. The molecule has 4 rings (SSSR count). The van der Waals surface area contributed by atoms with Crippen molar-refractivity contribution in [2.45, 2.75) is 19.4 Å². The molecule has 1 aliphatic heterocycles. The van der Waals surface area contributed by atoms with Crippen LogP contribution in [0.15, 0.2) is 36.7 Å². The van der Waals surface area contributed by atoms with E-state index in [-0.39, 0.29) is 5.91 Å². The summed E-state index contributed by atoms with van der Waals surface area (Å²) in [4.78, 5) is 19.4. The van der Waals surface area contributed by atoms with Crippen molar-refractivity contribution >= 4 is 34.7 Å². The Morgan fingerprint density at radius 3 is 2.77 bits per heavy atom. The molecule has 26 heavy (non-hydrogen) atoms. The molecule has 1 saturated heterocycles. The van der Waals surface area contributed by atoms with Gasteiger partial charge >= 0.3 is 0 Å². The van der Waals surface area contributed by atoms with Crippen LogP contribution in [0.1, 0.15) is 28.2 Å². The van der Waals surface area contributed by atoms with Crippen LogP contribution in [0.3, 0.4) is 0 Å². The van der Waals surface area contributed by atoms with Gasteiger partial charge in [-0.1, -0.05) is 16.8 Å². The van der Waals surface area contributed by atoms with Gasteiger partial charge in [-0.15, -0.1) is 16.4 Å². The third-order valence-electron chi connectivity index (χ3n) is 4.19. The molecular formula is C17H17ClN6OS. The Balaban J connectivity index is 1.38. The molecular weight excluding hydrogens is 372 g/mol. The summed E-state index contributed by atoms with van der Waals surface area (Å²) in [6.07, 6.45) is 6.02. The average Bonchev–Trinajstić information content (AvgIpc) is 3.41. The molecule has 0 bridgehead atoms. The zero-order valence-electron chi connectivity index (χ0n) is 13.9. The van der Waals surface area contributed by atoms with Crippen molar-refractivity contribution < 1.29 is 4.79 Å². The highest BCUT2D eigenvalue weighted by molar-refractivity contribution is 7.17. The Morgan fingerprint density at radius 1 is 1.23 bits per heavy atom. The van der Waals surface area contributed by atoms with Crippen LogP contribution in [0, 0.1) is 0 Å². The van der Waals surface area contributed by atoms with Gasteiger partial charge in [0.1, 0.15) is 11.5 Å². The molecule has 9 heteroatoms. The van der Waals surface area contributed by atoms with Crippen LogP contribution >= 0.6 is 22.9 Å². The molecule has 1 aliphatic rings. The molecule has 0 saturated carbocycles. The van der Waals surface area contributed by atoms with Gasteiger partial charge < -0.3 is 10.2 Å². The van der Waals surface area contributed by atoms with Gasteiger partial charge in [0.05, 0.1) is 33.8 Å². The summed E-state index contributed by atoms with van der Waals surface area (Å²) in [7, 11) is 0. The number of carbonyl (C=O) groups excluding carboxylic acids is 1. The number of amides is 1. The van der Waals surface area contributed by atoms with Crippen LogP contribution in [0.4, 0.5) is 5.82 Å². The maximum atomic E-state index is 12.0. The van der Waals surface area contributed by atoms with Crippen LogP contribution < -0.4 is 10.2 Å². The van der Waals surface area contributed by atoms with E-state index < -0.39 is 0 Å². The second-order valence-corrected chi connectivity index (χ2v) is 7.72. The minimum atomic E-state index is -0.173. The smallest absolute Gasteiger partial charge is 0.261 e. The van der Waals surface area contributed by atoms with Crippen molar-refractivity contribution in [2.24, 2.45) is 0 Å². The Kier molecular flexibility index (Phi) is 4.85. The van der Waals surface area contributed by atoms with Crippen LogP contribution in [0.5, 0.6) is 0 Å². The molecule has 3 aromatic rings. The second-order valence-electron chi connectivity index (χ2n) is 6.01. The molecule has 0 unspecified atom stereocenters. The summed E-state index contributed by atoms with van der Waals surface area (Å²) in [5.74, 6) is 0.821. The second kappa shape index (κ2) is 7.43. The van der Waals surface area contributed by atoms with Crippen molar-refractivity contribution in [3.63, 3.8) is 0 Å². The third-order valence-corrected chi connectivity index (χ3v) is 5.42. The Bertz CT molecular complexity index is 900. The lowest BCUT2D eigenvalue weighted by molar-refractivity contribution is 0.0954. The summed E-state index contributed by atoms with van der Waals surface area (Å²) in [6.45, 7) is 2.43. The molecule has 3 aromatic heterocycles. The van der Waals surface area contributed by atoms with Crippen LogP contribution in [0.25, 0.3) is 5.69 Å². The quantitative estimate of drug-likeness (QED) is 0.727. The number of hydrogen-bond donors (Lipinski definition) is 1. The van der Waals surface area contributed by atoms with Crippen molar-refractivity contribution in [3.05, 3.63) is 51.6 Å². The largest absolute Gasteiger partial charge is 0.357 e. The third kappa shape index (κ3) is 3.71. The lowest BCUT2D eigenvalue weighted by Crippen LogP contribution is -2.21. The SMILES string of the molecule is O=C(NCc1cn(-c2ccc(N3CCCC3)nc2)nn1)c1ccc(Cl)s1. The zero-order chi connectivity index (χ0) is 17.9. The van der Waals surface area contributed by atoms with E-state index in [1.807, 2.05) is 12.1 Å². The van der Waals surface area contributed by atoms with Crippen molar-refractivity contribution in [1.82, 2.24) is 25.3 Å². The number of anilines is 1. The Hall–Kier alpha value is -2.45. The number of rotatable bonds is 5. The first-order chi connectivity index (χ1) is 12.7.